The van der Waals surface area contributed by atoms with Crippen LogP contribution in [0.5, 0.6) is 0 Å². The van der Waals surface area contributed by atoms with Crippen LogP contribution in [0.4, 0.5) is 5.69 Å². The molecule has 196 valence electrons. The third-order valence-electron chi connectivity index (χ3n) is 5.90. The Morgan fingerprint density at radius 1 is 0.946 bits per heavy atom. The molecule has 0 saturated heterocycles. The Bertz CT molecular complexity index is 1310. The molecule has 0 radical (unpaired) electrons. The second-order valence-corrected chi connectivity index (χ2v) is 11.4. The Labute approximate surface area is 227 Å². The summed E-state index contributed by atoms with van der Waals surface area (Å²) in [7, 11) is -4.07. The predicted octanol–water partition coefficient (Wildman–Crippen LogP) is 4.90. The summed E-state index contributed by atoms with van der Waals surface area (Å²) < 4.78 is 29.3. The Hall–Kier alpha value is -3.17. The number of aryl methyl sites for hydroxylation is 1. The van der Waals surface area contributed by atoms with E-state index in [1.807, 2.05) is 45.0 Å². The van der Waals surface area contributed by atoms with Gasteiger partial charge in [-0.15, -0.1) is 0 Å². The van der Waals surface area contributed by atoms with Crippen molar-refractivity contribution in [2.75, 3.05) is 17.4 Å². The van der Waals surface area contributed by atoms with Gasteiger partial charge in [0.15, 0.2) is 0 Å². The van der Waals surface area contributed by atoms with Gasteiger partial charge in [0.1, 0.15) is 12.6 Å². The topological polar surface area (TPSA) is 86.8 Å². The van der Waals surface area contributed by atoms with E-state index in [2.05, 4.69) is 21.2 Å². The van der Waals surface area contributed by atoms with Crippen LogP contribution in [0.25, 0.3) is 0 Å². The number of nitrogens with zero attached hydrogens (tertiary/aromatic N) is 2. The van der Waals surface area contributed by atoms with Gasteiger partial charge in [-0.25, -0.2) is 8.42 Å². The molecule has 9 heteroatoms. The summed E-state index contributed by atoms with van der Waals surface area (Å²) >= 11 is 3.38. The maximum absolute atomic E-state index is 13.9. The summed E-state index contributed by atoms with van der Waals surface area (Å²) in [4.78, 5) is 28.4. The molecule has 0 aliphatic heterocycles. The van der Waals surface area contributed by atoms with E-state index in [1.165, 1.54) is 17.0 Å². The van der Waals surface area contributed by atoms with Gasteiger partial charge in [0.2, 0.25) is 11.8 Å². The number of likely N-dealkylation sites (N-methyl/N-ethyl adjacent to an activating group) is 1. The summed E-state index contributed by atoms with van der Waals surface area (Å²) in [5, 5.41) is 2.81. The zero-order valence-electron chi connectivity index (χ0n) is 21.2. The lowest BCUT2D eigenvalue weighted by Gasteiger charge is -2.33. The van der Waals surface area contributed by atoms with Crippen LogP contribution >= 0.6 is 15.9 Å². The lowest BCUT2D eigenvalue weighted by Crippen LogP contribution is -2.52. The van der Waals surface area contributed by atoms with Gasteiger partial charge in [-0.3, -0.25) is 13.9 Å². The lowest BCUT2D eigenvalue weighted by atomic mass is 10.1. The van der Waals surface area contributed by atoms with Crippen molar-refractivity contribution in [2.45, 2.75) is 44.7 Å². The molecule has 3 aromatic rings. The molecule has 0 heterocycles. The molecule has 0 saturated carbocycles. The highest BCUT2D eigenvalue weighted by atomic mass is 79.9. The van der Waals surface area contributed by atoms with E-state index in [0.717, 1.165) is 19.9 Å². The smallest absolute Gasteiger partial charge is 0.264 e. The molecule has 0 aliphatic rings. The molecule has 0 spiro atoms. The van der Waals surface area contributed by atoms with Crippen molar-refractivity contribution in [2.24, 2.45) is 0 Å². The van der Waals surface area contributed by atoms with Gasteiger partial charge in [-0.2, -0.15) is 0 Å². The Balaban J connectivity index is 2.04. The summed E-state index contributed by atoms with van der Waals surface area (Å²) in [6.07, 6.45) is 0.382. The monoisotopic (exact) mass is 585 g/mol. The number of anilines is 1. The minimum Gasteiger partial charge on any atom is -0.355 e. The molecule has 0 fully saturated rings. The van der Waals surface area contributed by atoms with E-state index in [-0.39, 0.29) is 17.3 Å². The van der Waals surface area contributed by atoms with E-state index in [4.69, 9.17) is 0 Å². The number of hydrogen-bond acceptors (Lipinski definition) is 4. The first-order chi connectivity index (χ1) is 17.7. The fraction of sp³-hybridized carbons (Fsp3) is 0.286. The summed E-state index contributed by atoms with van der Waals surface area (Å²) in [5.74, 6) is -0.742. The standard InChI is InChI=1S/C28H32BrN3O4S/c1-4-26(28(34)30-5-2)31(19-22-11-9-10-21(3)18-22)27(33)20-32(24-16-14-23(29)15-17-24)37(35,36)25-12-7-6-8-13-25/h6-18,26H,4-5,19-20H2,1-3H3,(H,30,34). The number of sulfonamides is 1. The number of benzene rings is 3. The summed E-state index contributed by atoms with van der Waals surface area (Å²) in [5.41, 5.74) is 2.23. The fourth-order valence-electron chi connectivity index (χ4n) is 4.07. The zero-order chi connectivity index (χ0) is 27.0. The van der Waals surface area contributed by atoms with Crippen molar-refractivity contribution in [3.05, 3.63) is 94.5 Å². The van der Waals surface area contributed by atoms with Crippen LogP contribution < -0.4 is 9.62 Å². The van der Waals surface area contributed by atoms with Crippen LogP contribution in [0.2, 0.25) is 0 Å². The maximum Gasteiger partial charge on any atom is 0.264 e. The molecule has 1 atom stereocenters. The van der Waals surface area contributed by atoms with Gasteiger partial charge < -0.3 is 10.2 Å². The Morgan fingerprint density at radius 2 is 1.62 bits per heavy atom. The highest BCUT2D eigenvalue weighted by Crippen LogP contribution is 2.26. The van der Waals surface area contributed by atoms with Crippen molar-refractivity contribution in [1.82, 2.24) is 10.2 Å². The molecule has 0 bridgehead atoms. The van der Waals surface area contributed by atoms with Gasteiger partial charge >= 0.3 is 0 Å². The van der Waals surface area contributed by atoms with Crippen molar-refractivity contribution in [3.63, 3.8) is 0 Å². The number of carbonyl (C=O) groups excluding carboxylic acids is 2. The Morgan fingerprint density at radius 3 is 2.22 bits per heavy atom. The van der Waals surface area contributed by atoms with Gasteiger partial charge in [0.05, 0.1) is 10.6 Å². The highest BCUT2D eigenvalue weighted by Gasteiger charge is 2.33. The minimum absolute atomic E-state index is 0.0757. The SMILES string of the molecule is CCNC(=O)C(CC)N(Cc1cccc(C)c1)C(=O)CN(c1ccc(Br)cc1)S(=O)(=O)c1ccccc1. The molecular weight excluding hydrogens is 554 g/mol. The molecule has 0 aromatic heterocycles. The van der Waals surface area contributed by atoms with E-state index in [1.54, 1.807) is 42.5 Å². The molecule has 2 amide bonds. The molecule has 0 aliphatic carbocycles. The number of amides is 2. The van der Waals surface area contributed by atoms with E-state index in [0.29, 0.717) is 18.7 Å². The molecule has 37 heavy (non-hydrogen) atoms. The first-order valence-electron chi connectivity index (χ1n) is 12.1. The molecule has 3 rings (SSSR count). The quantitative estimate of drug-likeness (QED) is 0.347. The van der Waals surface area contributed by atoms with Crippen LogP contribution in [0.3, 0.4) is 0 Å². The second kappa shape index (κ2) is 12.9. The first-order valence-corrected chi connectivity index (χ1v) is 14.4. The third-order valence-corrected chi connectivity index (χ3v) is 8.21. The molecule has 7 nitrogen and oxygen atoms in total. The molecular formula is C28H32BrN3O4S. The largest absolute Gasteiger partial charge is 0.355 e. The van der Waals surface area contributed by atoms with Crippen LogP contribution in [-0.2, 0) is 26.2 Å². The summed E-state index contributed by atoms with van der Waals surface area (Å²) in [6.45, 7) is 5.76. The van der Waals surface area contributed by atoms with Crippen molar-refractivity contribution in [1.29, 1.82) is 0 Å². The average molecular weight is 587 g/mol. The predicted molar refractivity (Wildman–Crippen MR) is 150 cm³/mol. The van der Waals surface area contributed by atoms with Crippen molar-refractivity contribution >= 4 is 43.5 Å². The normalized spacial score (nSPS) is 12.0. The van der Waals surface area contributed by atoms with Gasteiger partial charge in [0.25, 0.3) is 10.0 Å². The molecule has 1 unspecified atom stereocenters. The van der Waals surface area contributed by atoms with Crippen LogP contribution in [0, 0.1) is 6.92 Å². The number of nitrogens with one attached hydrogen (secondary N) is 1. The minimum atomic E-state index is -4.07. The van der Waals surface area contributed by atoms with Crippen LogP contribution in [0.15, 0.2) is 88.2 Å². The number of carbonyl (C=O) groups is 2. The van der Waals surface area contributed by atoms with E-state index in [9.17, 15) is 18.0 Å². The van der Waals surface area contributed by atoms with E-state index < -0.39 is 28.5 Å². The van der Waals surface area contributed by atoms with Crippen LogP contribution in [-0.4, -0.2) is 44.3 Å². The van der Waals surface area contributed by atoms with Gasteiger partial charge in [-0.05, 0) is 62.2 Å². The van der Waals surface area contributed by atoms with Crippen molar-refractivity contribution < 1.29 is 18.0 Å². The van der Waals surface area contributed by atoms with Gasteiger partial charge in [-0.1, -0.05) is 70.9 Å². The third kappa shape index (κ3) is 7.20. The second-order valence-electron chi connectivity index (χ2n) is 8.63. The van der Waals surface area contributed by atoms with Gasteiger partial charge in [0, 0.05) is 17.6 Å². The maximum atomic E-state index is 13.9. The first kappa shape index (κ1) is 28.4. The molecule has 3 aromatic carbocycles. The fourth-order valence-corrected chi connectivity index (χ4v) is 5.77. The Kier molecular flexibility index (Phi) is 9.88. The zero-order valence-corrected chi connectivity index (χ0v) is 23.6. The number of halogens is 1. The number of hydrogen-bond donors (Lipinski definition) is 1. The van der Waals surface area contributed by atoms with Crippen LogP contribution in [0.1, 0.15) is 31.4 Å². The number of rotatable bonds is 11. The summed E-state index contributed by atoms with van der Waals surface area (Å²) in [6, 6.07) is 21.7. The lowest BCUT2D eigenvalue weighted by molar-refractivity contribution is -0.140. The molecule has 1 N–H and O–H groups in total. The highest BCUT2D eigenvalue weighted by molar-refractivity contribution is 9.10. The average Bonchev–Trinajstić information content (AvgIpc) is 2.88. The van der Waals surface area contributed by atoms with Crippen molar-refractivity contribution in [3.8, 4) is 0 Å². The van der Waals surface area contributed by atoms with E-state index >= 15 is 0 Å².